The second-order valence-electron chi connectivity index (χ2n) is 5.50. The van der Waals surface area contributed by atoms with Crippen LogP contribution in [0, 0.1) is 17.2 Å². The van der Waals surface area contributed by atoms with Crippen LogP contribution < -0.4 is 0 Å². The Morgan fingerprint density at radius 2 is 2.25 bits per heavy atom. The van der Waals surface area contributed by atoms with Gasteiger partial charge in [-0.2, -0.15) is 5.26 Å². The quantitative estimate of drug-likeness (QED) is 0.836. The predicted octanol–water partition coefficient (Wildman–Crippen LogP) is 3.10. The summed E-state index contributed by atoms with van der Waals surface area (Å²) >= 11 is 1.66. The predicted molar refractivity (Wildman–Crippen MR) is 81.4 cm³/mol. The first kappa shape index (κ1) is 14.9. The lowest BCUT2D eigenvalue weighted by molar-refractivity contribution is -0.131. The van der Waals surface area contributed by atoms with Gasteiger partial charge in [0.15, 0.2) is 0 Å². The fourth-order valence-corrected chi connectivity index (χ4v) is 3.72. The molecule has 1 amide bonds. The van der Waals surface area contributed by atoms with Crippen LogP contribution in [0.2, 0.25) is 0 Å². The van der Waals surface area contributed by atoms with Crippen molar-refractivity contribution in [3.05, 3.63) is 29.8 Å². The largest absolute Gasteiger partial charge is 0.340 e. The fraction of sp³-hybridized carbons (Fsp3) is 0.500. The molecule has 0 spiro atoms. The third-order valence-corrected chi connectivity index (χ3v) is 4.62. The number of carbonyl (C=O) groups excluding carboxylic acids is 1. The number of fused-ring (bicyclic) bond motifs is 1. The van der Waals surface area contributed by atoms with E-state index in [9.17, 15) is 4.79 Å². The molecule has 4 heteroatoms. The Kier molecular flexibility index (Phi) is 5.08. The molecule has 0 fully saturated rings. The Bertz CT molecular complexity index is 496. The van der Waals surface area contributed by atoms with Gasteiger partial charge in [0.25, 0.3) is 0 Å². The van der Waals surface area contributed by atoms with Crippen LogP contribution in [0.25, 0.3) is 0 Å². The summed E-state index contributed by atoms with van der Waals surface area (Å²) in [5, 5.41) is 8.72. The van der Waals surface area contributed by atoms with E-state index in [4.69, 9.17) is 5.26 Å². The first-order valence-corrected chi connectivity index (χ1v) is 7.90. The standard InChI is InChI=1S/C16H20N2OS/c1-12(2)11-18(9-5-8-17)16(19)15-10-13-6-3-4-7-14(13)20-15/h3-4,6-7,12,15H,5,9-11H2,1-2H3. The van der Waals surface area contributed by atoms with Crippen molar-refractivity contribution < 1.29 is 4.79 Å². The average Bonchev–Trinajstić information content (AvgIpc) is 2.86. The average molecular weight is 288 g/mol. The molecule has 1 aromatic rings. The number of nitrogens with zero attached hydrogens (tertiary/aromatic N) is 2. The molecule has 1 heterocycles. The Morgan fingerprint density at radius 1 is 1.50 bits per heavy atom. The lowest BCUT2D eigenvalue weighted by atomic mass is 10.1. The second kappa shape index (κ2) is 6.81. The van der Waals surface area contributed by atoms with E-state index < -0.39 is 0 Å². The zero-order valence-corrected chi connectivity index (χ0v) is 12.8. The number of thioether (sulfide) groups is 1. The summed E-state index contributed by atoms with van der Waals surface area (Å²) in [5.41, 5.74) is 1.26. The van der Waals surface area contributed by atoms with Gasteiger partial charge in [0, 0.05) is 18.0 Å². The van der Waals surface area contributed by atoms with Crippen molar-refractivity contribution in [2.24, 2.45) is 5.92 Å². The second-order valence-corrected chi connectivity index (χ2v) is 6.75. The van der Waals surface area contributed by atoms with Gasteiger partial charge in [0.1, 0.15) is 0 Å². The molecule has 0 saturated heterocycles. The molecule has 0 bridgehead atoms. The van der Waals surface area contributed by atoms with E-state index >= 15 is 0 Å². The molecule has 1 unspecified atom stereocenters. The van der Waals surface area contributed by atoms with Crippen molar-refractivity contribution in [3.63, 3.8) is 0 Å². The van der Waals surface area contributed by atoms with Crippen molar-refractivity contribution in [2.75, 3.05) is 13.1 Å². The number of nitriles is 1. The van der Waals surface area contributed by atoms with E-state index in [0.29, 0.717) is 18.9 Å². The number of amides is 1. The molecule has 1 aliphatic rings. The van der Waals surface area contributed by atoms with Gasteiger partial charge in [-0.05, 0) is 24.0 Å². The van der Waals surface area contributed by atoms with E-state index in [1.165, 1.54) is 10.5 Å². The molecule has 0 N–H and O–H groups in total. The molecule has 0 aliphatic carbocycles. The SMILES string of the molecule is CC(C)CN(CCC#N)C(=O)C1Cc2ccccc2S1. The molecule has 20 heavy (non-hydrogen) atoms. The topological polar surface area (TPSA) is 44.1 Å². The minimum atomic E-state index is -0.0233. The zero-order chi connectivity index (χ0) is 14.5. The van der Waals surface area contributed by atoms with Crippen molar-refractivity contribution in [3.8, 4) is 6.07 Å². The number of rotatable bonds is 5. The van der Waals surface area contributed by atoms with Crippen LogP contribution in [0.5, 0.6) is 0 Å². The van der Waals surface area contributed by atoms with Crippen molar-refractivity contribution in [2.45, 2.75) is 36.8 Å². The van der Waals surface area contributed by atoms with Crippen LogP contribution in [0.15, 0.2) is 29.2 Å². The number of hydrogen-bond acceptors (Lipinski definition) is 3. The molecule has 1 aromatic carbocycles. The van der Waals surface area contributed by atoms with Gasteiger partial charge >= 0.3 is 0 Å². The first-order valence-electron chi connectivity index (χ1n) is 7.02. The number of carbonyl (C=O) groups is 1. The van der Waals surface area contributed by atoms with Crippen LogP contribution in [0.1, 0.15) is 25.8 Å². The minimum Gasteiger partial charge on any atom is -0.340 e. The lowest BCUT2D eigenvalue weighted by Crippen LogP contribution is -2.40. The van der Waals surface area contributed by atoms with Gasteiger partial charge in [0.2, 0.25) is 5.91 Å². The van der Waals surface area contributed by atoms with Gasteiger partial charge in [-0.1, -0.05) is 32.0 Å². The molecule has 0 saturated carbocycles. The molecule has 0 aromatic heterocycles. The molecule has 106 valence electrons. The third kappa shape index (κ3) is 3.55. The number of hydrogen-bond donors (Lipinski definition) is 0. The minimum absolute atomic E-state index is 0.0233. The summed E-state index contributed by atoms with van der Waals surface area (Å²) in [6.07, 6.45) is 1.21. The van der Waals surface area contributed by atoms with Gasteiger partial charge in [-0.25, -0.2) is 0 Å². The highest BCUT2D eigenvalue weighted by Crippen LogP contribution is 2.37. The fourth-order valence-electron chi connectivity index (χ4n) is 2.44. The summed E-state index contributed by atoms with van der Waals surface area (Å²) in [6, 6.07) is 10.3. The molecular formula is C16H20N2OS. The summed E-state index contributed by atoms with van der Waals surface area (Å²) in [4.78, 5) is 15.7. The highest BCUT2D eigenvalue weighted by atomic mass is 32.2. The molecule has 1 atom stereocenters. The Labute approximate surface area is 125 Å². The maximum atomic E-state index is 12.7. The smallest absolute Gasteiger partial charge is 0.236 e. The van der Waals surface area contributed by atoms with Gasteiger partial charge < -0.3 is 4.90 Å². The number of benzene rings is 1. The summed E-state index contributed by atoms with van der Waals surface area (Å²) in [5.74, 6) is 0.599. The Morgan fingerprint density at radius 3 is 2.90 bits per heavy atom. The highest BCUT2D eigenvalue weighted by Gasteiger charge is 2.31. The summed E-state index contributed by atoms with van der Waals surface area (Å²) < 4.78 is 0. The Hall–Kier alpha value is -1.47. The highest BCUT2D eigenvalue weighted by molar-refractivity contribution is 8.01. The van der Waals surface area contributed by atoms with Crippen LogP contribution in [-0.4, -0.2) is 29.1 Å². The van der Waals surface area contributed by atoms with Crippen molar-refractivity contribution in [1.82, 2.24) is 4.90 Å². The molecule has 3 nitrogen and oxygen atoms in total. The Balaban J connectivity index is 2.04. The van der Waals surface area contributed by atoms with Gasteiger partial charge in [-0.15, -0.1) is 11.8 Å². The maximum Gasteiger partial charge on any atom is 0.236 e. The first-order chi connectivity index (χ1) is 9.61. The third-order valence-electron chi connectivity index (χ3n) is 3.31. The van der Waals surface area contributed by atoms with Crippen LogP contribution in [0.3, 0.4) is 0 Å². The van der Waals surface area contributed by atoms with Gasteiger partial charge in [-0.3, -0.25) is 4.79 Å². The maximum absolute atomic E-state index is 12.7. The van der Waals surface area contributed by atoms with Gasteiger partial charge in [0.05, 0.1) is 17.7 Å². The molecule has 1 aliphatic heterocycles. The van der Waals surface area contributed by atoms with Crippen molar-refractivity contribution >= 4 is 17.7 Å². The lowest BCUT2D eigenvalue weighted by Gasteiger charge is -2.26. The summed E-state index contributed by atoms with van der Waals surface area (Å²) in [7, 11) is 0. The van der Waals surface area contributed by atoms with Crippen LogP contribution in [0.4, 0.5) is 0 Å². The zero-order valence-electron chi connectivity index (χ0n) is 12.0. The van der Waals surface area contributed by atoms with E-state index in [1.807, 2.05) is 17.0 Å². The monoisotopic (exact) mass is 288 g/mol. The molecular weight excluding hydrogens is 268 g/mol. The van der Waals surface area contributed by atoms with E-state index in [0.717, 1.165) is 13.0 Å². The normalized spacial score (nSPS) is 16.8. The van der Waals surface area contributed by atoms with Crippen molar-refractivity contribution in [1.29, 1.82) is 5.26 Å². The molecule has 2 rings (SSSR count). The van der Waals surface area contributed by atoms with E-state index in [1.54, 1.807) is 11.8 Å². The van der Waals surface area contributed by atoms with Crippen LogP contribution in [-0.2, 0) is 11.2 Å². The molecule has 0 radical (unpaired) electrons. The van der Waals surface area contributed by atoms with Crippen LogP contribution >= 0.6 is 11.8 Å². The van der Waals surface area contributed by atoms with E-state index in [2.05, 4.69) is 32.0 Å². The van der Waals surface area contributed by atoms with E-state index in [-0.39, 0.29) is 11.2 Å². The summed E-state index contributed by atoms with van der Waals surface area (Å²) in [6.45, 7) is 5.47.